The van der Waals surface area contributed by atoms with E-state index >= 15 is 0 Å². The van der Waals surface area contributed by atoms with Crippen LogP contribution in [0.1, 0.15) is 6.92 Å². The average Bonchev–Trinajstić information content (AvgIpc) is 2.81. The molecule has 0 aliphatic heterocycles. The van der Waals surface area contributed by atoms with E-state index in [-0.39, 0.29) is 0 Å². The van der Waals surface area contributed by atoms with Crippen molar-refractivity contribution < 1.29 is 13.5 Å². The fourth-order valence-electron chi connectivity index (χ4n) is 1.93. The van der Waals surface area contributed by atoms with Crippen LogP contribution in [-0.4, -0.2) is 21.6 Å². The molecule has 2 aromatic heterocycles. The van der Waals surface area contributed by atoms with Gasteiger partial charge in [0, 0.05) is 17.7 Å². The molecule has 0 atom stereocenters. The summed E-state index contributed by atoms with van der Waals surface area (Å²) in [5, 5.41) is 0. The monoisotopic (exact) mass is 275 g/mol. The van der Waals surface area contributed by atoms with Crippen LogP contribution >= 0.6 is 0 Å². The third-order valence-electron chi connectivity index (χ3n) is 2.75. The first-order valence-electron chi connectivity index (χ1n) is 6.12. The van der Waals surface area contributed by atoms with E-state index in [4.69, 9.17) is 4.74 Å². The Morgan fingerprint density at radius 3 is 2.55 bits per heavy atom. The smallest absolute Gasteiger partial charge is 0.215 e. The molecule has 0 amide bonds. The fraction of sp³-hybridized carbons (Fsp3) is 0.143. The Balaban J connectivity index is 2.08. The average molecular weight is 275 g/mol. The highest BCUT2D eigenvalue weighted by Crippen LogP contribution is 2.22. The molecule has 0 saturated carbocycles. The van der Waals surface area contributed by atoms with Gasteiger partial charge >= 0.3 is 0 Å². The van der Waals surface area contributed by atoms with Crippen LogP contribution in [0.4, 0.5) is 8.78 Å². The molecule has 3 aromatic rings. The van der Waals surface area contributed by atoms with Crippen molar-refractivity contribution in [1.29, 1.82) is 0 Å². The quantitative estimate of drug-likeness (QED) is 0.798. The number of imidazole rings is 1. The lowest BCUT2D eigenvalue weighted by atomic mass is 10.2. The molecular weight excluding hydrogens is 264 g/mol. The van der Waals surface area contributed by atoms with E-state index in [2.05, 4.69) is 15.0 Å². The molecule has 6 heteroatoms. The molecule has 102 valence electrons. The van der Waals surface area contributed by atoms with Crippen LogP contribution in [0, 0.1) is 11.6 Å². The normalized spacial score (nSPS) is 10.9. The van der Waals surface area contributed by atoms with Crippen molar-refractivity contribution in [2.75, 3.05) is 6.61 Å². The second kappa shape index (κ2) is 4.88. The van der Waals surface area contributed by atoms with Crippen LogP contribution in [0.15, 0.2) is 30.3 Å². The van der Waals surface area contributed by atoms with Crippen molar-refractivity contribution in [2.24, 2.45) is 0 Å². The number of fused-ring (bicyclic) bond motifs is 1. The second-order valence-corrected chi connectivity index (χ2v) is 4.20. The summed E-state index contributed by atoms with van der Waals surface area (Å²) in [6, 6.07) is 6.71. The maximum atomic E-state index is 13.2. The Bertz CT molecular complexity index is 750. The Morgan fingerprint density at radius 1 is 1.10 bits per heavy atom. The molecule has 0 radical (unpaired) electrons. The van der Waals surface area contributed by atoms with Crippen LogP contribution in [0.2, 0.25) is 0 Å². The van der Waals surface area contributed by atoms with Gasteiger partial charge in [0.25, 0.3) is 0 Å². The number of halogens is 2. The molecule has 3 rings (SSSR count). The SMILES string of the molecule is CCOc1ccc2[nH]c(-c3cc(F)cc(F)c3)nc2n1. The minimum absolute atomic E-state index is 0.332. The van der Waals surface area contributed by atoms with E-state index in [9.17, 15) is 8.78 Å². The summed E-state index contributed by atoms with van der Waals surface area (Å²) in [5.74, 6) is -0.477. The number of hydrogen-bond donors (Lipinski definition) is 1. The van der Waals surface area contributed by atoms with Gasteiger partial charge in [-0.2, -0.15) is 4.98 Å². The molecule has 20 heavy (non-hydrogen) atoms. The van der Waals surface area contributed by atoms with E-state index in [0.29, 0.717) is 35.0 Å². The van der Waals surface area contributed by atoms with E-state index in [0.717, 1.165) is 6.07 Å². The zero-order valence-electron chi connectivity index (χ0n) is 10.7. The minimum atomic E-state index is -0.650. The lowest BCUT2D eigenvalue weighted by Crippen LogP contribution is -1.93. The molecule has 0 saturated heterocycles. The first-order valence-corrected chi connectivity index (χ1v) is 6.12. The number of aromatic amines is 1. The van der Waals surface area contributed by atoms with Crippen molar-refractivity contribution in [1.82, 2.24) is 15.0 Å². The molecule has 1 N–H and O–H groups in total. The standard InChI is InChI=1S/C14H11F2N3O/c1-2-20-12-4-3-11-14(18-12)19-13(17-11)8-5-9(15)7-10(16)6-8/h3-7H,2H2,1H3,(H,17,18,19). The molecule has 2 heterocycles. The highest BCUT2D eigenvalue weighted by molar-refractivity contribution is 5.76. The van der Waals surface area contributed by atoms with Gasteiger partial charge in [0.05, 0.1) is 12.1 Å². The summed E-state index contributed by atoms with van der Waals surface area (Å²) in [4.78, 5) is 11.4. The van der Waals surface area contributed by atoms with E-state index in [1.807, 2.05) is 6.92 Å². The number of rotatable bonds is 3. The summed E-state index contributed by atoms with van der Waals surface area (Å²) in [6.07, 6.45) is 0. The van der Waals surface area contributed by atoms with Crippen molar-refractivity contribution >= 4 is 11.2 Å². The van der Waals surface area contributed by atoms with Crippen molar-refractivity contribution in [2.45, 2.75) is 6.92 Å². The topological polar surface area (TPSA) is 50.8 Å². The van der Waals surface area contributed by atoms with Crippen molar-refractivity contribution in [3.8, 4) is 17.3 Å². The lowest BCUT2D eigenvalue weighted by Gasteiger charge is -1.99. The Hall–Kier alpha value is -2.50. The fourth-order valence-corrected chi connectivity index (χ4v) is 1.93. The number of nitrogens with one attached hydrogen (secondary N) is 1. The minimum Gasteiger partial charge on any atom is -0.478 e. The van der Waals surface area contributed by atoms with Crippen LogP contribution < -0.4 is 4.74 Å². The molecule has 0 fully saturated rings. The third kappa shape index (κ3) is 2.32. The summed E-state index contributed by atoms with van der Waals surface area (Å²) in [5.41, 5.74) is 1.45. The van der Waals surface area contributed by atoms with Gasteiger partial charge in [0.2, 0.25) is 5.88 Å². The number of benzene rings is 1. The lowest BCUT2D eigenvalue weighted by molar-refractivity contribution is 0.328. The summed E-state index contributed by atoms with van der Waals surface area (Å²) in [6.45, 7) is 2.36. The van der Waals surface area contributed by atoms with Gasteiger partial charge in [-0.3, -0.25) is 0 Å². The van der Waals surface area contributed by atoms with Crippen LogP contribution in [-0.2, 0) is 0 Å². The molecule has 0 unspecified atom stereocenters. The summed E-state index contributed by atoms with van der Waals surface area (Å²) < 4.78 is 31.7. The predicted molar refractivity (Wildman–Crippen MR) is 70.4 cm³/mol. The van der Waals surface area contributed by atoms with Gasteiger partial charge in [-0.25, -0.2) is 13.8 Å². The molecule has 0 aliphatic rings. The van der Waals surface area contributed by atoms with Gasteiger partial charge in [-0.05, 0) is 25.1 Å². The van der Waals surface area contributed by atoms with Gasteiger partial charge in [-0.15, -0.1) is 0 Å². The first kappa shape index (κ1) is 12.5. The number of pyridine rings is 1. The number of aromatic nitrogens is 3. The van der Waals surface area contributed by atoms with E-state index in [1.54, 1.807) is 12.1 Å². The highest BCUT2D eigenvalue weighted by atomic mass is 19.1. The molecule has 0 aliphatic carbocycles. The Labute approximate surface area is 113 Å². The zero-order chi connectivity index (χ0) is 14.1. The summed E-state index contributed by atoms with van der Waals surface area (Å²) in [7, 11) is 0. The first-order chi connectivity index (χ1) is 9.65. The molecule has 0 bridgehead atoms. The van der Waals surface area contributed by atoms with Gasteiger partial charge < -0.3 is 9.72 Å². The maximum Gasteiger partial charge on any atom is 0.215 e. The van der Waals surface area contributed by atoms with Crippen molar-refractivity contribution in [3.05, 3.63) is 42.0 Å². The van der Waals surface area contributed by atoms with E-state index < -0.39 is 11.6 Å². The highest BCUT2D eigenvalue weighted by Gasteiger charge is 2.10. The largest absolute Gasteiger partial charge is 0.478 e. The predicted octanol–water partition coefficient (Wildman–Crippen LogP) is 3.30. The van der Waals surface area contributed by atoms with Gasteiger partial charge in [0.15, 0.2) is 5.65 Å². The van der Waals surface area contributed by atoms with Crippen LogP contribution in [0.25, 0.3) is 22.6 Å². The zero-order valence-corrected chi connectivity index (χ0v) is 10.7. The molecule has 4 nitrogen and oxygen atoms in total. The maximum absolute atomic E-state index is 13.2. The number of H-pyrrole nitrogens is 1. The molecular formula is C14H11F2N3O. The Morgan fingerprint density at radius 2 is 1.85 bits per heavy atom. The van der Waals surface area contributed by atoms with Crippen molar-refractivity contribution in [3.63, 3.8) is 0 Å². The molecule has 0 spiro atoms. The number of ether oxygens (including phenoxy) is 1. The van der Waals surface area contributed by atoms with Crippen LogP contribution in [0.5, 0.6) is 5.88 Å². The Kier molecular flexibility index (Phi) is 3.06. The third-order valence-corrected chi connectivity index (χ3v) is 2.75. The number of hydrogen-bond acceptors (Lipinski definition) is 3. The van der Waals surface area contributed by atoms with Gasteiger partial charge in [0.1, 0.15) is 17.5 Å². The van der Waals surface area contributed by atoms with E-state index in [1.165, 1.54) is 12.1 Å². The summed E-state index contributed by atoms with van der Waals surface area (Å²) >= 11 is 0. The van der Waals surface area contributed by atoms with Gasteiger partial charge in [-0.1, -0.05) is 0 Å². The molecule has 1 aromatic carbocycles. The number of nitrogens with zero attached hydrogens (tertiary/aromatic N) is 2. The second-order valence-electron chi connectivity index (χ2n) is 4.20. The van der Waals surface area contributed by atoms with Crippen LogP contribution in [0.3, 0.4) is 0 Å².